The maximum absolute atomic E-state index is 13.9. The van der Waals surface area contributed by atoms with Gasteiger partial charge in [0.05, 0.1) is 9.93 Å². The van der Waals surface area contributed by atoms with Crippen molar-refractivity contribution in [3.63, 3.8) is 0 Å². The SMILES string of the molecule is Cc1ccccc1C(=O)NN1C(=O)/C(=C\c2ccc(OCc3c(F)cccc3Cl)cc2)SC1=S. The predicted molar refractivity (Wildman–Crippen MR) is 136 cm³/mol. The van der Waals surface area contributed by atoms with Crippen molar-refractivity contribution < 1.29 is 18.7 Å². The molecule has 0 unspecified atom stereocenters. The van der Waals surface area contributed by atoms with Gasteiger partial charge >= 0.3 is 0 Å². The zero-order valence-electron chi connectivity index (χ0n) is 17.9. The highest BCUT2D eigenvalue weighted by Crippen LogP contribution is 2.32. The zero-order valence-corrected chi connectivity index (χ0v) is 20.3. The molecule has 0 spiro atoms. The maximum atomic E-state index is 13.9. The average Bonchev–Trinajstić information content (AvgIpc) is 3.07. The zero-order chi connectivity index (χ0) is 24.2. The first-order chi connectivity index (χ1) is 16.3. The molecule has 1 aliphatic rings. The Balaban J connectivity index is 1.42. The van der Waals surface area contributed by atoms with Gasteiger partial charge in [-0.05, 0) is 66.7 Å². The third-order valence-corrected chi connectivity index (χ3v) is 6.68. The fourth-order valence-electron chi connectivity index (χ4n) is 3.19. The molecule has 3 aromatic carbocycles. The number of hydrogen-bond donors (Lipinski definition) is 1. The number of carbonyl (C=O) groups excluding carboxylic acids is 2. The fourth-order valence-corrected chi connectivity index (χ4v) is 4.59. The standard InChI is InChI=1S/C25H18ClFN2O3S2/c1-15-5-2-3-6-18(15)23(30)28-29-24(31)22(34-25(29)33)13-16-9-11-17(12-10-16)32-14-19-20(26)7-4-8-21(19)27/h2-13H,14H2,1H3,(H,28,30)/b22-13+. The first-order valence-corrected chi connectivity index (χ1v) is 11.7. The number of nitrogens with zero attached hydrogens (tertiary/aromatic N) is 1. The Labute approximate surface area is 210 Å². The lowest BCUT2D eigenvalue weighted by molar-refractivity contribution is -0.123. The summed E-state index contributed by atoms with van der Waals surface area (Å²) in [6.45, 7) is 1.81. The summed E-state index contributed by atoms with van der Waals surface area (Å²) in [5.74, 6) is -0.728. The molecule has 1 N–H and O–H groups in total. The lowest BCUT2D eigenvalue weighted by Gasteiger charge is -2.16. The van der Waals surface area contributed by atoms with E-state index < -0.39 is 17.6 Å². The highest BCUT2D eigenvalue weighted by molar-refractivity contribution is 8.26. The van der Waals surface area contributed by atoms with Crippen LogP contribution in [-0.2, 0) is 11.4 Å². The molecule has 172 valence electrons. The molecule has 2 amide bonds. The monoisotopic (exact) mass is 512 g/mol. The molecule has 0 radical (unpaired) electrons. The quantitative estimate of drug-likeness (QED) is 0.328. The second-order valence-electron chi connectivity index (χ2n) is 7.33. The van der Waals surface area contributed by atoms with E-state index in [1.807, 2.05) is 19.1 Å². The third-order valence-electron chi connectivity index (χ3n) is 5.02. The molecule has 34 heavy (non-hydrogen) atoms. The van der Waals surface area contributed by atoms with Gasteiger partial charge in [0.1, 0.15) is 18.2 Å². The first kappa shape index (κ1) is 23.9. The summed E-state index contributed by atoms with van der Waals surface area (Å²) in [4.78, 5) is 25.8. The van der Waals surface area contributed by atoms with Gasteiger partial charge in [-0.15, -0.1) is 0 Å². The van der Waals surface area contributed by atoms with E-state index in [4.69, 9.17) is 28.6 Å². The van der Waals surface area contributed by atoms with Crippen LogP contribution in [0.3, 0.4) is 0 Å². The van der Waals surface area contributed by atoms with Gasteiger partial charge in [0.2, 0.25) is 0 Å². The lowest BCUT2D eigenvalue weighted by atomic mass is 10.1. The van der Waals surface area contributed by atoms with Gasteiger partial charge in [-0.25, -0.2) is 4.39 Å². The van der Waals surface area contributed by atoms with Crippen molar-refractivity contribution in [2.75, 3.05) is 0 Å². The molecule has 1 fully saturated rings. The van der Waals surface area contributed by atoms with E-state index in [1.54, 1.807) is 48.5 Å². The Kier molecular flexibility index (Phi) is 7.31. The Morgan fingerprint density at radius 3 is 2.59 bits per heavy atom. The molecular formula is C25H18ClFN2O3S2. The summed E-state index contributed by atoms with van der Waals surface area (Å²) in [7, 11) is 0. The van der Waals surface area contributed by atoms with Crippen molar-refractivity contribution in [1.29, 1.82) is 0 Å². The normalized spacial score (nSPS) is 14.6. The minimum atomic E-state index is -0.430. The van der Waals surface area contributed by atoms with Crippen LogP contribution in [0, 0.1) is 12.7 Å². The van der Waals surface area contributed by atoms with Crippen LogP contribution in [0.2, 0.25) is 5.02 Å². The molecule has 0 saturated carbocycles. The first-order valence-electron chi connectivity index (χ1n) is 10.1. The summed E-state index contributed by atoms with van der Waals surface area (Å²) >= 11 is 12.4. The molecule has 1 saturated heterocycles. The maximum Gasteiger partial charge on any atom is 0.285 e. The largest absolute Gasteiger partial charge is 0.489 e. The molecule has 5 nitrogen and oxygen atoms in total. The van der Waals surface area contributed by atoms with Gasteiger partial charge in [0.25, 0.3) is 11.8 Å². The van der Waals surface area contributed by atoms with E-state index in [0.717, 1.165) is 27.9 Å². The number of amides is 2. The van der Waals surface area contributed by atoms with Crippen molar-refractivity contribution in [1.82, 2.24) is 10.4 Å². The van der Waals surface area contributed by atoms with E-state index in [1.165, 1.54) is 12.1 Å². The van der Waals surface area contributed by atoms with Crippen molar-refractivity contribution >= 4 is 57.8 Å². The Hall–Kier alpha value is -3.20. The average molecular weight is 513 g/mol. The van der Waals surface area contributed by atoms with Crippen LogP contribution in [0.15, 0.2) is 71.6 Å². The third kappa shape index (κ3) is 5.30. The number of nitrogens with one attached hydrogen (secondary N) is 1. The molecule has 0 atom stereocenters. The van der Waals surface area contributed by atoms with E-state index in [-0.39, 0.29) is 16.5 Å². The molecule has 3 aromatic rings. The number of carbonyl (C=O) groups is 2. The molecular weight excluding hydrogens is 495 g/mol. The van der Waals surface area contributed by atoms with Crippen molar-refractivity contribution in [2.24, 2.45) is 0 Å². The van der Waals surface area contributed by atoms with Crippen molar-refractivity contribution in [3.05, 3.63) is 105 Å². The van der Waals surface area contributed by atoms with Gasteiger partial charge < -0.3 is 4.74 Å². The molecule has 0 aromatic heterocycles. The molecule has 1 aliphatic heterocycles. The summed E-state index contributed by atoms with van der Waals surface area (Å²) in [6, 6.07) is 18.5. The summed E-state index contributed by atoms with van der Waals surface area (Å²) in [5.41, 5.74) is 4.86. The van der Waals surface area contributed by atoms with Gasteiger partial charge in [-0.3, -0.25) is 15.0 Å². The number of hydrazine groups is 1. The molecule has 0 bridgehead atoms. The lowest BCUT2D eigenvalue weighted by Crippen LogP contribution is -2.45. The van der Waals surface area contributed by atoms with Gasteiger partial charge in [0.15, 0.2) is 4.32 Å². The van der Waals surface area contributed by atoms with Gasteiger partial charge in [-0.2, -0.15) is 5.01 Å². The number of thiocarbonyl (C=S) groups is 1. The number of thioether (sulfide) groups is 1. The summed E-state index contributed by atoms with van der Waals surface area (Å²) in [6.07, 6.45) is 1.68. The molecule has 9 heteroatoms. The van der Waals surface area contributed by atoms with Gasteiger partial charge in [0, 0.05) is 11.1 Å². The Morgan fingerprint density at radius 1 is 1.15 bits per heavy atom. The van der Waals surface area contributed by atoms with E-state index in [9.17, 15) is 14.0 Å². The highest BCUT2D eigenvalue weighted by Gasteiger charge is 2.34. The Morgan fingerprint density at radius 2 is 1.88 bits per heavy atom. The van der Waals surface area contributed by atoms with Crippen LogP contribution in [0.25, 0.3) is 6.08 Å². The number of halogens is 2. The molecule has 4 rings (SSSR count). The van der Waals surface area contributed by atoms with Crippen molar-refractivity contribution in [2.45, 2.75) is 13.5 Å². The topological polar surface area (TPSA) is 58.6 Å². The number of aryl methyl sites for hydroxylation is 1. The van der Waals surface area contributed by atoms with E-state index in [2.05, 4.69) is 5.43 Å². The minimum absolute atomic E-state index is 0.00982. The summed E-state index contributed by atoms with van der Waals surface area (Å²) in [5, 5.41) is 1.38. The predicted octanol–water partition coefficient (Wildman–Crippen LogP) is 5.91. The van der Waals surface area contributed by atoms with Crippen LogP contribution in [0.5, 0.6) is 5.75 Å². The van der Waals surface area contributed by atoms with Crippen LogP contribution < -0.4 is 10.2 Å². The Bertz CT molecular complexity index is 1290. The molecule has 0 aliphatic carbocycles. The second kappa shape index (κ2) is 10.4. The van der Waals surface area contributed by atoms with Crippen LogP contribution in [0.1, 0.15) is 27.0 Å². The number of rotatable bonds is 6. The summed E-state index contributed by atoms with van der Waals surface area (Å²) < 4.78 is 19.8. The van der Waals surface area contributed by atoms with Crippen LogP contribution in [0.4, 0.5) is 4.39 Å². The van der Waals surface area contributed by atoms with Crippen molar-refractivity contribution in [3.8, 4) is 5.75 Å². The number of hydrogen-bond acceptors (Lipinski definition) is 5. The second-order valence-corrected chi connectivity index (χ2v) is 9.41. The smallest absolute Gasteiger partial charge is 0.285 e. The fraction of sp³-hybridized carbons (Fsp3) is 0.0800. The van der Waals surface area contributed by atoms with Crippen LogP contribution >= 0.6 is 35.6 Å². The number of ether oxygens (including phenoxy) is 1. The van der Waals surface area contributed by atoms with Crippen LogP contribution in [-0.4, -0.2) is 21.1 Å². The van der Waals surface area contributed by atoms with E-state index in [0.29, 0.717) is 21.2 Å². The molecule has 1 heterocycles. The van der Waals surface area contributed by atoms with E-state index >= 15 is 0 Å². The number of benzene rings is 3. The minimum Gasteiger partial charge on any atom is -0.489 e. The van der Waals surface area contributed by atoms with Gasteiger partial charge in [-0.1, -0.05) is 59.8 Å². The highest BCUT2D eigenvalue weighted by atomic mass is 35.5.